The minimum absolute atomic E-state index is 0.0312. The van der Waals surface area contributed by atoms with Gasteiger partial charge in [-0.05, 0) is 30.7 Å². The van der Waals surface area contributed by atoms with Crippen molar-refractivity contribution in [2.24, 2.45) is 5.84 Å². The highest BCUT2D eigenvalue weighted by Gasteiger charge is 2.13. The van der Waals surface area contributed by atoms with Crippen LogP contribution in [-0.4, -0.2) is 9.97 Å². The van der Waals surface area contributed by atoms with E-state index >= 15 is 0 Å². The van der Waals surface area contributed by atoms with Crippen LogP contribution >= 0.6 is 11.3 Å². The van der Waals surface area contributed by atoms with E-state index < -0.39 is 0 Å². The molecule has 3 aromatic rings. The minimum atomic E-state index is 0.0312. The minimum Gasteiger partial charge on any atom is -0.271 e. The monoisotopic (exact) mass is 284 g/mol. The number of nitrogens with zero attached hydrogens (tertiary/aromatic N) is 2. The van der Waals surface area contributed by atoms with Crippen molar-refractivity contribution in [2.75, 3.05) is 0 Å². The Kier molecular flexibility index (Phi) is 3.73. The highest BCUT2D eigenvalue weighted by molar-refractivity contribution is 7.18. The van der Waals surface area contributed by atoms with Gasteiger partial charge in [0.15, 0.2) is 0 Å². The third-order valence-corrected chi connectivity index (χ3v) is 4.31. The van der Waals surface area contributed by atoms with Gasteiger partial charge in [-0.3, -0.25) is 16.3 Å². The number of thiazole rings is 1. The SMILES string of the molecule is Cc1ccc(C(Cc2nc3ccccc3s2)NN)cn1. The number of hydrogen-bond donors (Lipinski definition) is 2. The number of para-hydroxylation sites is 1. The zero-order valence-electron chi connectivity index (χ0n) is 11.2. The van der Waals surface area contributed by atoms with E-state index in [4.69, 9.17) is 5.84 Å². The fraction of sp³-hybridized carbons (Fsp3) is 0.200. The zero-order chi connectivity index (χ0) is 13.9. The lowest BCUT2D eigenvalue weighted by Crippen LogP contribution is -2.29. The summed E-state index contributed by atoms with van der Waals surface area (Å²) in [7, 11) is 0. The van der Waals surface area contributed by atoms with Gasteiger partial charge >= 0.3 is 0 Å². The molecule has 20 heavy (non-hydrogen) atoms. The molecular formula is C15H16N4S. The van der Waals surface area contributed by atoms with Gasteiger partial charge in [0.2, 0.25) is 0 Å². The normalized spacial score (nSPS) is 12.7. The second-order valence-corrected chi connectivity index (χ2v) is 5.85. The van der Waals surface area contributed by atoms with Gasteiger partial charge in [0.05, 0.1) is 21.3 Å². The summed E-state index contributed by atoms with van der Waals surface area (Å²) in [5.41, 5.74) is 5.99. The van der Waals surface area contributed by atoms with Crippen molar-refractivity contribution >= 4 is 21.6 Å². The van der Waals surface area contributed by atoms with Crippen LogP contribution < -0.4 is 11.3 Å². The number of hydrogen-bond acceptors (Lipinski definition) is 5. The van der Waals surface area contributed by atoms with Crippen LogP contribution in [0.3, 0.4) is 0 Å². The molecular weight excluding hydrogens is 268 g/mol. The van der Waals surface area contributed by atoms with Gasteiger partial charge < -0.3 is 0 Å². The Balaban J connectivity index is 1.85. The van der Waals surface area contributed by atoms with E-state index in [0.717, 1.165) is 28.2 Å². The van der Waals surface area contributed by atoms with Gasteiger partial charge in [0.25, 0.3) is 0 Å². The average molecular weight is 284 g/mol. The Bertz CT molecular complexity index is 672. The summed E-state index contributed by atoms with van der Waals surface area (Å²) in [5.74, 6) is 5.68. The summed E-state index contributed by atoms with van der Waals surface area (Å²) in [5, 5.41) is 1.08. The maximum absolute atomic E-state index is 5.68. The number of fused-ring (bicyclic) bond motifs is 1. The van der Waals surface area contributed by atoms with Gasteiger partial charge in [0.1, 0.15) is 0 Å². The fourth-order valence-corrected chi connectivity index (χ4v) is 3.15. The third kappa shape index (κ3) is 2.70. The molecule has 5 heteroatoms. The summed E-state index contributed by atoms with van der Waals surface area (Å²) >= 11 is 1.71. The summed E-state index contributed by atoms with van der Waals surface area (Å²) in [4.78, 5) is 8.97. The van der Waals surface area contributed by atoms with Crippen LogP contribution in [0.25, 0.3) is 10.2 Å². The van der Waals surface area contributed by atoms with Crippen LogP contribution in [0.1, 0.15) is 22.3 Å². The number of rotatable bonds is 4. The lowest BCUT2D eigenvalue weighted by molar-refractivity contribution is 0.549. The predicted octanol–water partition coefficient (Wildman–Crippen LogP) is 2.75. The Morgan fingerprint density at radius 2 is 2.10 bits per heavy atom. The smallest absolute Gasteiger partial charge is 0.0958 e. The number of benzene rings is 1. The number of nitrogens with one attached hydrogen (secondary N) is 1. The topological polar surface area (TPSA) is 63.8 Å². The van der Waals surface area contributed by atoms with Crippen molar-refractivity contribution in [3.63, 3.8) is 0 Å². The van der Waals surface area contributed by atoms with Crippen molar-refractivity contribution in [1.29, 1.82) is 0 Å². The van der Waals surface area contributed by atoms with Gasteiger partial charge in [-0.1, -0.05) is 18.2 Å². The maximum Gasteiger partial charge on any atom is 0.0958 e. The second-order valence-electron chi connectivity index (χ2n) is 4.73. The first kappa shape index (κ1) is 13.2. The number of nitrogens with two attached hydrogens (primary N) is 1. The number of aryl methyl sites for hydroxylation is 1. The molecule has 3 N–H and O–H groups in total. The molecule has 1 unspecified atom stereocenters. The quantitative estimate of drug-likeness (QED) is 0.571. The highest BCUT2D eigenvalue weighted by Crippen LogP contribution is 2.25. The Morgan fingerprint density at radius 3 is 2.80 bits per heavy atom. The number of pyridine rings is 1. The molecule has 0 fully saturated rings. The summed E-state index contributed by atoms with van der Waals surface area (Å²) < 4.78 is 1.21. The third-order valence-electron chi connectivity index (χ3n) is 3.25. The zero-order valence-corrected chi connectivity index (χ0v) is 12.0. The van der Waals surface area contributed by atoms with Crippen LogP contribution in [0.4, 0.5) is 0 Å². The van der Waals surface area contributed by atoms with Gasteiger partial charge in [0, 0.05) is 18.3 Å². The average Bonchev–Trinajstić information content (AvgIpc) is 2.88. The van der Waals surface area contributed by atoms with Gasteiger partial charge in [-0.25, -0.2) is 4.98 Å². The van der Waals surface area contributed by atoms with Crippen molar-refractivity contribution in [3.05, 3.63) is 58.9 Å². The van der Waals surface area contributed by atoms with E-state index in [1.165, 1.54) is 4.70 Å². The van der Waals surface area contributed by atoms with Crippen molar-refractivity contribution < 1.29 is 0 Å². The number of aromatic nitrogens is 2. The summed E-state index contributed by atoms with van der Waals surface area (Å²) in [6.07, 6.45) is 2.63. The summed E-state index contributed by atoms with van der Waals surface area (Å²) in [6.45, 7) is 1.97. The van der Waals surface area contributed by atoms with Gasteiger partial charge in [-0.2, -0.15) is 0 Å². The molecule has 1 atom stereocenters. The molecule has 0 bridgehead atoms. The van der Waals surface area contributed by atoms with E-state index in [0.29, 0.717) is 0 Å². The Hall–Kier alpha value is -1.82. The van der Waals surface area contributed by atoms with Crippen LogP contribution in [-0.2, 0) is 6.42 Å². The van der Waals surface area contributed by atoms with Crippen molar-refractivity contribution in [3.8, 4) is 0 Å². The molecule has 0 aliphatic carbocycles. The van der Waals surface area contributed by atoms with Crippen molar-refractivity contribution in [1.82, 2.24) is 15.4 Å². The Labute approximate surface area is 121 Å². The first-order valence-electron chi connectivity index (χ1n) is 6.49. The first-order chi connectivity index (χ1) is 9.76. The van der Waals surface area contributed by atoms with E-state index in [2.05, 4.69) is 27.5 Å². The largest absolute Gasteiger partial charge is 0.271 e. The molecule has 0 spiro atoms. The molecule has 0 saturated heterocycles. The van der Waals surface area contributed by atoms with E-state index in [9.17, 15) is 0 Å². The molecule has 0 saturated carbocycles. The van der Waals surface area contributed by atoms with Crippen molar-refractivity contribution in [2.45, 2.75) is 19.4 Å². The molecule has 0 amide bonds. The molecule has 0 aliphatic rings. The summed E-state index contributed by atoms with van der Waals surface area (Å²) in [6, 6.07) is 12.3. The molecule has 3 rings (SSSR count). The molecule has 0 aliphatic heterocycles. The Morgan fingerprint density at radius 1 is 1.25 bits per heavy atom. The van der Waals surface area contributed by atoms with Crippen LogP contribution in [0.5, 0.6) is 0 Å². The van der Waals surface area contributed by atoms with E-state index in [1.807, 2.05) is 37.4 Å². The van der Waals surface area contributed by atoms with Crippen LogP contribution in [0.15, 0.2) is 42.6 Å². The van der Waals surface area contributed by atoms with E-state index in [1.54, 1.807) is 11.3 Å². The predicted molar refractivity (Wildman–Crippen MR) is 82.4 cm³/mol. The molecule has 1 aromatic carbocycles. The van der Waals surface area contributed by atoms with Crippen LogP contribution in [0.2, 0.25) is 0 Å². The highest BCUT2D eigenvalue weighted by atomic mass is 32.1. The number of hydrazine groups is 1. The fourth-order valence-electron chi connectivity index (χ4n) is 2.14. The van der Waals surface area contributed by atoms with Gasteiger partial charge in [-0.15, -0.1) is 11.3 Å². The maximum atomic E-state index is 5.68. The molecule has 0 radical (unpaired) electrons. The van der Waals surface area contributed by atoms with E-state index in [-0.39, 0.29) is 6.04 Å². The molecule has 4 nitrogen and oxygen atoms in total. The lowest BCUT2D eigenvalue weighted by atomic mass is 10.1. The standard InChI is InChI=1S/C15H16N4S/c1-10-6-7-11(9-17-10)13(19-16)8-15-18-12-4-2-3-5-14(12)20-15/h2-7,9,13,19H,8,16H2,1H3. The molecule has 2 heterocycles. The molecule has 2 aromatic heterocycles. The van der Waals surface area contributed by atoms with Crippen LogP contribution in [0, 0.1) is 6.92 Å². The lowest BCUT2D eigenvalue weighted by Gasteiger charge is -2.14. The molecule has 102 valence electrons. The first-order valence-corrected chi connectivity index (χ1v) is 7.31. The second kappa shape index (κ2) is 5.66.